The average molecular weight is 299 g/mol. The predicted octanol–water partition coefficient (Wildman–Crippen LogP) is 2.04. The molecular formula is C13H15ClN2O2S. The Morgan fingerprint density at radius 1 is 1.42 bits per heavy atom. The first kappa shape index (κ1) is 14.4. The van der Waals surface area contributed by atoms with Crippen LogP contribution in [0.5, 0.6) is 0 Å². The largest absolute Gasteiger partial charge is 0.332 e. The van der Waals surface area contributed by atoms with E-state index >= 15 is 0 Å². The predicted molar refractivity (Wildman–Crippen MR) is 77.4 cm³/mol. The molecule has 0 bridgehead atoms. The molecule has 0 aromatic heterocycles. The number of hydrogen-bond donors (Lipinski definition) is 2. The molecule has 1 saturated heterocycles. The molecule has 2 N–H and O–H groups in total. The van der Waals surface area contributed by atoms with Crippen LogP contribution in [0.3, 0.4) is 0 Å². The van der Waals surface area contributed by atoms with E-state index in [9.17, 15) is 9.59 Å². The molecule has 1 aromatic carbocycles. The highest BCUT2D eigenvalue weighted by Gasteiger charge is 2.23. The Morgan fingerprint density at radius 2 is 2.11 bits per heavy atom. The molecule has 6 heteroatoms. The fourth-order valence-corrected chi connectivity index (χ4v) is 2.96. The quantitative estimate of drug-likeness (QED) is 0.835. The zero-order valence-electron chi connectivity index (χ0n) is 10.5. The van der Waals surface area contributed by atoms with Gasteiger partial charge in [0.15, 0.2) is 5.78 Å². The van der Waals surface area contributed by atoms with Crippen LogP contribution in [0.25, 0.3) is 0 Å². The zero-order valence-corrected chi connectivity index (χ0v) is 12.1. The van der Waals surface area contributed by atoms with Gasteiger partial charge in [0.25, 0.3) is 0 Å². The number of rotatable bonds is 4. The Balaban J connectivity index is 1.86. The number of carbonyl (C=O) groups is 2. The number of nitrogens with one attached hydrogen (secondary N) is 2. The highest BCUT2D eigenvalue weighted by Crippen LogP contribution is 2.15. The monoisotopic (exact) mass is 298 g/mol. The van der Waals surface area contributed by atoms with Gasteiger partial charge in [-0.3, -0.25) is 14.9 Å². The molecule has 0 radical (unpaired) electrons. The third-order valence-electron chi connectivity index (χ3n) is 2.77. The maximum absolute atomic E-state index is 12.0. The van der Waals surface area contributed by atoms with E-state index in [1.54, 1.807) is 24.3 Å². The lowest BCUT2D eigenvalue weighted by Crippen LogP contribution is -2.53. The first-order valence-corrected chi connectivity index (χ1v) is 7.43. The van der Waals surface area contributed by atoms with Crippen LogP contribution in [0.4, 0.5) is 0 Å². The van der Waals surface area contributed by atoms with Gasteiger partial charge in [-0.15, -0.1) is 11.8 Å². The minimum Gasteiger partial charge on any atom is -0.332 e. The molecule has 1 aromatic rings. The molecule has 1 fully saturated rings. The minimum absolute atomic E-state index is 0.0164. The molecule has 1 heterocycles. The van der Waals surface area contributed by atoms with Gasteiger partial charge in [0.1, 0.15) is 5.50 Å². The van der Waals surface area contributed by atoms with E-state index < -0.39 is 0 Å². The number of thioether (sulfide) groups is 1. The normalized spacial score (nSPS) is 22.9. The maximum atomic E-state index is 12.0. The van der Waals surface area contributed by atoms with Crippen LogP contribution in [0.15, 0.2) is 24.3 Å². The number of Topliss-reactive ketones (excluding diaryl/α,β-unsaturated/α-hetero) is 1. The van der Waals surface area contributed by atoms with Crippen LogP contribution in [0.2, 0.25) is 5.02 Å². The lowest BCUT2D eigenvalue weighted by atomic mass is 10.1. The molecule has 0 aliphatic carbocycles. The molecule has 0 spiro atoms. The van der Waals surface area contributed by atoms with Gasteiger partial charge in [-0.1, -0.05) is 11.6 Å². The van der Waals surface area contributed by atoms with E-state index in [0.29, 0.717) is 22.8 Å². The summed E-state index contributed by atoms with van der Waals surface area (Å²) in [6, 6.07) is 6.95. The van der Waals surface area contributed by atoms with E-state index in [1.165, 1.54) is 11.8 Å². The lowest BCUT2D eigenvalue weighted by molar-refractivity contribution is -0.123. The molecule has 2 unspecified atom stereocenters. The second-order valence-corrected chi connectivity index (χ2v) is 5.99. The third-order valence-corrected chi connectivity index (χ3v) is 4.03. The van der Waals surface area contributed by atoms with E-state index in [-0.39, 0.29) is 23.2 Å². The van der Waals surface area contributed by atoms with E-state index in [4.69, 9.17) is 11.6 Å². The summed E-state index contributed by atoms with van der Waals surface area (Å²) >= 11 is 7.16. The van der Waals surface area contributed by atoms with E-state index in [1.807, 2.05) is 6.92 Å². The third kappa shape index (κ3) is 4.23. The first-order valence-electron chi connectivity index (χ1n) is 6.00. The molecule has 2 rings (SSSR count). The average Bonchev–Trinajstić information content (AvgIpc) is 2.36. The summed E-state index contributed by atoms with van der Waals surface area (Å²) in [6.45, 7) is 1.95. The summed E-state index contributed by atoms with van der Waals surface area (Å²) in [7, 11) is 0. The van der Waals surface area contributed by atoms with Crippen molar-refractivity contribution in [1.29, 1.82) is 0 Å². The van der Waals surface area contributed by atoms with Gasteiger partial charge in [-0.05, 0) is 31.2 Å². The standard InChI is InChI=1S/C13H15ClN2O2S/c1-8-6-12(18)16-13(15-8)19-7-11(17)9-2-4-10(14)5-3-9/h2-5,8,13,15H,6-7H2,1H3,(H,16,18). The van der Waals surface area contributed by atoms with Crippen LogP contribution in [0, 0.1) is 0 Å². The number of halogens is 1. The summed E-state index contributed by atoms with van der Waals surface area (Å²) in [5, 5.41) is 6.63. The van der Waals surface area contributed by atoms with Crippen LogP contribution < -0.4 is 10.6 Å². The number of amides is 1. The van der Waals surface area contributed by atoms with Gasteiger partial charge in [-0.2, -0.15) is 0 Å². The van der Waals surface area contributed by atoms with Crippen LogP contribution in [-0.2, 0) is 4.79 Å². The van der Waals surface area contributed by atoms with Gasteiger partial charge in [0.05, 0.1) is 5.75 Å². The number of carbonyl (C=O) groups excluding carboxylic acids is 2. The first-order chi connectivity index (χ1) is 9.04. The lowest BCUT2D eigenvalue weighted by Gasteiger charge is -2.28. The number of hydrogen-bond acceptors (Lipinski definition) is 4. The highest BCUT2D eigenvalue weighted by atomic mass is 35.5. The van der Waals surface area contributed by atoms with Crippen molar-refractivity contribution in [3.63, 3.8) is 0 Å². The molecule has 1 aliphatic rings. The Bertz CT molecular complexity index is 478. The summed E-state index contributed by atoms with van der Waals surface area (Å²) in [5.41, 5.74) is 0.430. The molecule has 0 saturated carbocycles. The van der Waals surface area contributed by atoms with Crippen LogP contribution >= 0.6 is 23.4 Å². The van der Waals surface area contributed by atoms with Crippen molar-refractivity contribution >= 4 is 35.1 Å². The second kappa shape index (κ2) is 6.41. The number of benzene rings is 1. The zero-order chi connectivity index (χ0) is 13.8. The fourth-order valence-electron chi connectivity index (χ4n) is 1.81. The fraction of sp³-hybridized carbons (Fsp3) is 0.385. The topological polar surface area (TPSA) is 58.2 Å². The summed E-state index contributed by atoms with van der Waals surface area (Å²) in [4.78, 5) is 23.3. The molecular weight excluding hydrogens is 284 g/mol. The van der Waals surface area contributed by atoms with Gasteiger partial charge in [-0.25, -0.2) is 0 Å². The SMILES string of the molecule is CC1CC(=O)NC(SCC(=O)c2ccc(Cl)cc2)N1. The molecule has 19 heavy (non-hydrogen) atoms. The van der Waals surface area contributed by atoms with Crippen molar-refractivity contribution in [2.75, 3.05) is 5.75 Å². The van der Waals surface area contributed by atoms with E-state index in [0.717, 1.165) is 0 Å². The molecule has 102 valence electrons. The van der Waals surface area contributed by atoms with Crippen molar-refractivity contribution in [1.82, 2.24) is 10.6 Å². The van der Waals surface area contributed by atoms with Crippen molar-refractivity contribution in [2.45, 2.75) is 24.9 Å². The van der Waals surface area contributed by atoms with Gasteiger partial charge in [0, 0.05) is 23.0 Å². The highest BCUT2D eigenvalue weighted by molar-refractivity contribution is 8.00. The molecule has 4 nitrogen and oxygen atoms in total. The molecule has 1 aliphatic heterocycles. The summed E-state index contributed by atoms with van der Waals surface area (Å²) < 4.78 is 0. The van der Waals surface area contributed by atoms with Crippen molar-refractivity contribution < 1.29 is 9.59 Å². The molecule has 1 amide bonds. The summed E-state index contributed by atoms with van der Waals surface area (Å²) in [5.74, 6) is 0.352. The smallest absolute Gasteiger partial charge is 0.223 e. The van der Waals surface area contributed by atoms with Gasteiger partial charge in [0.2, 0.25) is 5.91 Å². The van der Waals surface area contributed by atoms with Crippen LogP contribution in [0.1, 0.15) is 23.7 Å². The Labute approximate surface area is 121 Å². The van der Waals surface area contributed by atoms with Crippen molar-refractivity contribution in [2.24, 2.45) is 0 Å². The Hall–Kier alpha value is -1.04. The van der Waals surface area contributed by atoms with Crippen molar-refractivity contribution in [3.05, 3.63) is 34.9 Å². The van der Waals surface area contributed by atoms with Gasteiger partial charge >= 0.3 is 0 Å². The summed E-state index contributed by atoms with van der Waals surface area (Å²) in [6.07, 6.45) is 0.474. The molecule has 2 atom stereocenters. The maximum Gasteiger partial charge on any atom is 0.223 e. The van der Waals surface area contributed by atoms with E-state index in [2.05, 4.69) is 10.6 Å². The van der Waals surface area contributed by atoms with Crippen LogP contribution in [-0.4, -0.2) is 29.0 Å². The van der Waals surface area contributed by atoms with Gasteiger partial charge < -0.3 is 5.32 Å². The Morgan fingerprint density at radius 3 is 2.74 bits per heavy atom. The minimum atomic E-state index is -0.201. The Kier molecular flexibility index (Phi) is 4.85. The van der Waals surface area contributed by atoms with Crippen molar-refractivity contribution in [3.8, 4) is 0 Å². The second-order valence-electron chi connectivity index (χ2n) is 4.46. The number of ketones is 1.